The predicted octanol–water partition coefficient (Wildman–Crippen LogP) is 6.41. The number of para-hydroxylation sites is 2. The van der Waals surface area contributed by atoms with Gasteiger partial charge in [-0.15, -0.1) is 0 Å². The van der Waals surface area contributed by atoms with Crippen molar-refractivity contribution in [2.45, 2.75) is 12.8 Å². The molecule has 0 aliphatic heterocycles. The fourth-order valence-electron chi connectivity index (χ4n) is 3.28. The molecule has 4 aromatic rings. The minimum atomic E-state index is 0.669. The Morgan fingerprint density at radius 2 is 0.750 bits per heavy atom. The zero-order valence-electron chi connectivity index (χ0n) is 17.9. The lowest BCUT2D eigenvalue weighted by molar-refractivity contribution is 1.22. The number of nitrogens with one attached hydrogen (secondary N) is 2. The fourth-order valence-corrected chi connectivity index (χ4v) is 3.28. The van der Waals surface area contributed by atoms with Crippen LogP contribution >= 0.6 is 0 Å². The number of hydrogen-bond donors (Lipinski definition) is 2. The molecule has 4 heteroatoms. The Morgan fingerprint density at radius 1 is 0.438 bits per heavy atom. The van der Waals surface area contributed by atoms with E-state index in [1.54, 1.807) is 0 Å². The van der Waals surface area contributed by atoms with Gasteiger partial charge in [-0.25, -0.2) is 0 Å². The van der Waals surface area contributed by atoms with E-state index in [4.69, 9.17) is 10.2 Å². The molecule has 0 atom stereocenters. The molecular formula is C28H26N4. The maximum Gasteiger partial charge on any atom is 0.0886 e. The Balaban J connectivity index is 1.68. The van der Waals surface area contributed by atoms with E-state index >= 15 is 0 Å². The minimum Gasteiger partial charge on any atom is -0.278 e. The summed E-state index contributed by atoms with van der Waals surface area (Å²) >= 11 is 0. The Morgan fingerprint density at radius 3 is 1.09 bits per heavy atom. The van der Waals surface area contributed by atoms with E-state index in [0.29, 0.717) is 12.8 Å². The van der Waals surface area contributed by atoms with Gasteiger partial charge in [0, 0.05) is 12.8 Å². The maximum atomic E-state index is 4.79. The molecule has 0 fully saturated rings. The van der Waals surface area contributed by atoms with Crippen molar-refractivity contribution in [3.05, 3.63) is 132 Å². The highest BCUT2D eigenvalue weighted by molar-refractivity contribution is 6.43. The molecule has 0 aliphatic carbocycles. The van der Waals surface area contributed by atoms with Crippen molar-refractivity contribution < 1.29 is 0 Å². The number of nitrogens with zero attached hydrogens (tertiary/aromatic N) is 2. The highest BCUT2D eigenvalue weighted by Gasteiger charge is 2.13. The third-order valence-corrected chi connectivity index (χ3v) is 4.95. The van der Waals surface area contributed by atoms with Crippen LogP contribution < -0.4 is 10.9 Å². The molecule has 32 heavy (non-hydrogen) atoms. The molecule has 4 nitrogen and oxygen atoms in total. The molecule has 4 rings (SSSR count). The summed E-state index contributed by atoms with van der Waals surface area (Å²) in [5.41, 5.74) is 12.4. The van der Waals surface area contributed by atoms with Crippen molar-refractivity contribution in [1.29, 1.82) is 0 Å². The second-order valence-electron chi connectivity index (χ2n) is 7.40. The van der Waals surface area contributed by atoms with Gasteiger partial charge in [0.15, 0.2) is 0 Å². The lowest BCUT2D eigenvalue weighted by atomic mass is 10.00. The van der Waals surface area contributed by atoms with Crippen LogP contribution in [0.3, 0.4) is 0 Å². The van der Waals surface area contributed by atoms with Gasteiger partial charge in [0.05, 0.1) is 22.8 Å². The van der Waals surface area contributed by atoms with Crippen molar-refractivity contribution in [3.8, 4) is 0 Å². The van der Waals surface area contributed by atoms with Crippen LogP contribution in [0.4, 0.5) is 11.4 Å². The maximum absolute atomic E-state index is 4.79. The molecule has 158 valence electrons. The molecule has 4 aromatic carbocycles. The van der Waals surface area contributed by atoms with Crippen molar-refractivity contribution in [2.75, 3.05) is 10.9 Å². The van der Waals surface area contributed by atoms with Crippen LogP contribution in [0.25, 0.3) is 0 Å². The van der Waals surface area contributed by atoms with Gasteiger partial charge >= 0.3 is 0 Å². The lowest BCUT2D eigenvalue weighted by Gasteiger charge is -2.13. The van der Waals surface area contributed by atoms with Gasteiger partial charge < -0.3 is 0 Å². The van der Waals surface area contributed by atoms with Crippen LogP contribution in [0.5, 0.6) is 0 Å². The van der Waals surface area contributed by atoms with Gasteiger partial charge in [-0.3, -0.25) is 10.9 Å². The fraction of sp³-hybridized carbons (Fsp3) is 0.0714. The van der Waals surface area contributed by atoms with Gasteiger partial charge in [0.1, 0.15) is 0 Å². The van der Waals surface area contributed by atoms with E-state index in [0.717, 1.165) is 22.8 Å². The Labute approximate surface area is 189 Å². The summed E-state index contributed by atoms with van der Waals surface area (Å²) in [7, 11) is 0. The third kappa shape index (κ3) is 6.41. The predicted molar refractivity (Wildman–Crippen MR) is 135 cm³/mol. The molecule has 0 bridgehead atoms. The van der Waals surface area contributed by atoms with E-state index < -0.39 is 0 Å². The summed E-state index contributed by atoms with van der Waals surface area (Å²) in [6, 6.07) is 40.7. The van der Waals surface area contributed by atoms with Gasteiger partial charge in [-0.2, -0.15) is 10.2 Å². The average Bonchev–Trinajstić information content (AvgIpc) is 2.87. The standard InChI is InChI=1S/C28H26N4/c1-5-13-23(14-6-1)21-27(31-29-25-17-9-3-10-18-25)28(22-24-15-7-2-8-16-24)32-30-26-19-11-4-12-20-26/h1-20,29-30H,21-22H2/b31-27-,32-28?. The Hall–Kier alpha value is -4.18. The molecule has 0 amide bonds. The normalized spacial score (nSPS) is 11.8. The topological polar surface area (TPSA) is 48.8 Å². The molecule has 2 N–H and O–H groups in total. The van der Waals surface area contributed by atoms with E-state index in [9.17, 15) is 0 Å². The van der Waals surface area contributed by atoms with E-state index in [-0.39, 0.29) is 0 Å². The molecule has 0 heterocycles. The molecule has 0 saturated heterocycles. The number of anilines is 2. The number of hydrazone groups is 2. The van der Waals surface area contributed by atoms with Gasteiger partial charge in [0.2, 0.25) is 0 Å². The second kappa shape index (κ2) is 11.3. The van der Waals surface area contributed by atoms with Crippen molar-refractivity contribution >= 4 is 22.8 Å². The van der Waals surface area contributed by atoms with Gasteiger partial charge in [-0.1, -0.05) is 97.1 Å². The van der Waals surface area contributed by atoms with E-state index in [1.807, 2.05) is 97.1 Å². The lowest BCUT2D eigenvalue weighted by Crippen LogP contribution is -2.22. The zero-order chi connectivity index (χ0) is 21.8. The first-order chi connectivity index (χ1) is 15.9. The van der Waals surface area contributed by atoms with Gasteiger partial charge in [0.25, 0.3) is 0 Å². The van der Waals surface area contributed by atoms with Crippen molar-refractivity contribution in [2.24, 2.45) is 10.2 Å². The quantitative estimate of drug-likeness (QED) is 0.244. The molecule has 0 saturated carbocycles. The molecule has 0 spiro atoms. The van der Waals surface area contributed by atoms with Crippen LogP contribution in [-0.2, 0) is 12.8 Å². The largest absolute Gasteiger partial charge is 0.278 e. The summed E-state index contributed by atoms with van der Waals surface area (Å²) in [5.74, 6) is 0. The first-order valence-corrected chi connectivity index (χ1v) is 10.7. The average molecular weight is 419 g/mol. The monoisotopic (exact) mass is 418 g/mol. The smallest absolute Gasteiger partial charge is 0.0886 e. The Kier molecular flexibility index (Phi) is 7.42. The van der Waals surface area contributed by atoms with E-state index in [2.05, 4.69) is 35.1 Å². The molecule has 0 aliphatic rings. The van der Waals surface area contributed by atoms with E-state index in [1.165, 1.54) is 11.1 Å². The summed E-state index contributed by atoms with van der Waals surface area (Å²) in [4.78, 5) is 0. The highest BCUT2D eigenvalue weighted by Crippen LogP contribution is 2.11. The summed E-state index contributed by atoms with van der Waals surface area (Å²) < 4.78 is 0. The number of hydrogen-bond acceptors (Lipinski definition) is 4. The highest BCUT2D eigenvalue weighted by atomic mass is 15.3. The summed E-state index contributed by atoms with van der Waals surface area (Å²) in [6.45, 7) is 0. The SMILES string of the molecule is c1ccc(CC(=NNc2ccccc2)/C(Cc2ccccc2)=N\Nc2ccccc2)cc1. The third-order valence-electron chi connectivity index (χ3n) is 4.95. The first-order valence-electron chi connectivity index (χ1n) is 10.7. The van der Waals surface area contributed by atoms with Crippen molar-refractivity contribution in [3.63, 3.8) is 0 Å². The van der Waals surface area contributed by atoms with Crippen LogP contribution in [0, 0.1) is 0 Å². The first kappa shape index (κ1) is 21.1. The zero-order valence-corrected chi connectivity index (χ0v) is 17.9. The molecule has 0 unspecified atom stereocenters. The number of benzene rings is 4. The number of rotatable bonds is 9. The van der Waals surface area contributed by atoms with Gasteiger partial charge in [-0.05, 0) is 35.4 Å². The molecular weight excluding hydrogens is 392 g/mol. The Bertz CT molecular complexity index is 1040. The van der Waals surface area contributed by atoms with Crippen LogP contribution in [0.15, 0.2) is 132 Å². The second-order valence-corrected chi connectivity index (χ2v) is 7.40. The summed E-state index contributed by atoms with van der Waals surface area (Å²) in [6.07, 6.45) is 1.34. The molecule has 0 radical (unpaired) electrons. The molecule has 0 aromatic heterocycles. The van der Waals surface area contributed by atoms with Crippen LogP contribution in [-0.4, -0.2) is 11.4 Å². The minimum absolute atomic E-state index is 0.669. The summed E-state index contributed by atoms with van der Waals surface area (Å²) in [5, 5.41) is 9.59. The van der Waals surface area contributed by atoms with Crippen LogP contribution in [0.2, 0.25) is 0 Å². The van der Waals surface area contributed by atoms with Crippen molar-refractivity contribution in [1.82, 2.24) is 0 Å². The van der Waals surface area contributed by atoms with Crippen LogP contribution in [0.1, 0.15) is 11.1 Å².